The zero-order chi connectivity index (χ0) is 13.1. The van der Waals surface area contributed by atoms with E-state index >= 15 is 0 Å². The number of hydrogen-bond donors (Lipinski definition) is 1. The molecule has 0 aliphatic rings. The lowest BCUT2D eigenvalue weighted by molar-refractivity contribution is -0.385. The van der Waals surface area contributed by atoms with Crippen molar-refractivity contribution >= 4 is 11.7 Å². The molecule has 0 amide bonds. The Hall–Kier alpha value is -2.11. The van der Waals surface area contributed by atoms with Crippen LogP contribution in [-0.4, -0.2) is 21.6 Å². The standard InChI is InChI=1S/C11H13NO5/c1-3-11(2,10(13)14)17-9-6-4-5-8(7-9)12(15)16/h4-7H,3H2,1-2H3,(H,13,14). The van der Waals surface area contributed by atoms with E-state index in [9.17, 15) is 14.9 Å². The Morgan fingerprint density at radius 2 is 2.24 bits per heavy atom. The summed E-state index contributed by atoms with van der Waals surface area (Å²) in [5.74, 6) is -0.933. The molecular weight excluding hydrogens is 226 g/mol. The Kier molecular flexibility index (Phi) is 3.67. The molecule has 0 aromatic heterocycles. The van der Waals surface area contributed by atoms with E-state index in [1.165, 1.54) is 31.2 Å². The van der Waals surface area contributed by atoms with Crippen LogP contribution in [0.2, 0.25) is 0 Å². The molecule has 0 spiro atoms. The molecule has 0 bridgehead atoms. The minimum Gasteiger partial charge on any atom is -0.478 e. The first kappa shape index (κ1) is 13.0. The largest absolute Gasteiger partial charge is 0.478 e. The van der Waals surface area contributed by atoms with Gasteiger partial charge in [0.25, 0.3) is 5.69 Å². The molecule has 6 nitrogen and oxygen atoms in total. The average molecular weight is 239 g/mol. The van der Waals surface area contributed by atoms with Gasteiger partial charge in [0.15, 0.2) is 0 Å². The van der Waals surface area contributed by atoms with Crippen molar-refractivity contribution in [1.82, 2.24) is 0 Å². The number of benzene rings is 1. The highest BCUT2D eigenvalue weighted by Crippen LogP contribution is 2.25. The highest BCUT2D eigenvalue weighted by atomic mass is 16.6. The first-order chi connectivity index (χ1) is 7.89. The van der Waals surface area contributed by atoms with E-state index in [1.807, 2.05) is 0 Å². The summed E-state index contributed by atoms with van der Waals surface area (Å²) in [5.41, 5.74) is -1.51. The number of hydrogen-bond acceptors (Lipinski definition) is 4. The summed E-state index contributed by atoms with van der Waals surface area (Å²) in [7, 11) is 0. The van der Waals surface area contributed by atoms with Gasteiger partial charge in [-0.15, -0.1) is 0 Å². The maximum absolute atomic E-state index is 11.0. The number of carboxylic acid groups (broad SMARTS) is 1. The van der Waals surface area contributed by atoms with Crippen molar-refractivity contribution in [2.45, 2.75) is 25.9 Å². The Bertz CT molecular complexity index is 445. The lowest BCUT2D eigenvalue weighted by Gasteiger charge is -2.24. The average Bonchev–Trinajstić information content (AvgIpc) is 2.29. The smallest absolute Gasteiger partial charge is 0.347 e. The highest BCUT2D eigenvalue weighted by molar-refractivity contribution is 5.77. The van der Waals surface area contributed by atoms with E-state index in [4.69, 9.17) is 9.84 Å². The molecule has 1 aromatic carbocycles. The number of non-ortho nitro benzene ring substituents is 1. The zero-order valence-corrected chi connectivity index (χ0v) is 9.54. The molecule has 92 valence electrons. The van der Waals surface area contributed by atoms with E-state index in [-0.39, 0.29) is 17.9 Å². The first-order valence-electron chi connectivity index (χ1n) is 5.06. The van der Waals surface area contributed by atoms with E-state index in [0.717, 1.165) is 0 Å². The van der Waals surface area contributed by atoms with Gasteiger partial charge in [0.05, 0.1) is 11.0 Å². The van der Waals surface area contributed by atoms with Gasteiger partial charge in [-0.05, 0) is 19.4 Å². The van der Waals surface area contributed by atoms with Gasteiger partial charge in [-0.3, -0.25) is 10.1 Å². The molecule has 0 saturated carbocycles. The van der Waals surface area contributed by atoms with Crippen LogP contribution in [0.1, 0.15) is 20.3 Å². The topological polar surface area (TPSA) is 89.7 Å². The molecule has 1 atom stereocenters. The van der Waals surface area contributed by atoms with Crippen molar-refractivity contribution in [3.8, 4) is 5.75 Å². The predicted octanol–water partition coefficient (Wildman–Crippen LogP) is 2.23. The van der Waals surface area contributed by atoms with Gasteiger partial charge < -0.3 is 9.84 Å². The number of nitrogens with zero attached hydrogens (tertiary/aromatic N) is 1. The molecule has 1 N–H and O–H groups in total. The van der Waals surface area contributed by atoms with Crippen molar-refractivity contribution in [2.75, 3.05) is 0 Å². The summed E-state index contributed by atoms with van der Waals surface area (Å²) >= 11 is 0. The van der Waals surface area contributed by atoms with Crippen molar-refractivity contribution in [2.24, 2.45) is 0 Å². The summed E-state index contributed by atoms with van der Waals surface area (Å²) < 4.78 is 5.30. The third kappa shape index (κ3) is 2.93. The van der Waals surface area contributed by atoms with E-state index < -0.39 is 16.5 Å². The summed E-state index contributed by atoms with van der Waals surface area (Å²) in [6, 6.07) is 5.46. The summed E-state index contributed by atoms with van der Waals surface area (Å²) in [6.07, 6.45) is 0.255. The van der Waals surface area contributed by atoms with Crippen molar-refractivity contribution in [1.29, 1.82) is 0 Å². The second-order valence-electron chi connectivity index (χ2n) is 3.75. The van der Waals surface area contributed by atoms with Crippen molar-refractivity contribution in [3.63, 3.8) is 0 Å². The summed E-state index contributed by atoms with van der Waals surface area (Å²) in [5, 5.41) is 19.6. The van der Waals surface area contributed by atoms with Gasteiger partial charge in [0.2, 0.25) is 5.60 Å². The van der Waals surface area contributed by atoms with Crippen LogP contribution in [0, 0.1) is 10.1 Å². The number of nitro benzene ring substituents is 1. The quantitative estimate of drug-likeness (QED) is 0.628. The summed E-state index contributed by atoms with van der Waals surface area (Å²) in [6.45, 7) is 3.10. The number of aliphatic carboxylic acids is 1. The minimum atomic E-state index is -1.38. The third-order valence-corrected chi connectivity index (χ3v) is 2.50. The van der Waals surface area contributed by atoms with E-state index in [0.29, 0.717) is 0 Å². The minimum absolute atomic E-state index is 0.133. The Morgan fingerprint density at radius 3 is 2.71 bits per heavy atom. The fourth-order valence-electron chi connectivity index (χ4n) is 1.19. The van der Waals surface area contributed by atoms with Gasteiger partial charge in [-0.25, -0.2) is 4.79 Å². The lowest BCUT2D eigenvalue weighted by Crippen LogP contribution is -2.40. The van der Waals surface area contributed by atoms with Crippen LogP contribution in [0.3, 0.4) is 0 Å². The molecular formula is C11H13NO5. The zero-order valence-electron chi connectivity index (χ0n) is 9.54. The molecule has 1 aromatic rings. The normalized spacial score (nSPS) is 13.8. The maximum atomic E-state index is 11.0. The molecule has 0 radical (unpaired) electrons. The molecule has 0 fully saturated rings. The SMILES string of the molecule is CCC(C)(Oc1cccc([N+](=O)[O-])c1)C(=O)O. The van der Waals surface area contributed by atoms with Gasteiger partial charge in [-0.2, -0.15) is 0 Å². The van der Waals surface area contributed by atoms with Gasteiger partial charge >= 0.3 is 5.97 Å². The molecule has 1 rings (SSSR count). The monoisotopic (exact) mass is 239 g/mol. The molecule has 1 unspecified atom stereocenters. The molecule has 6 heteroatoms. The fourth-order valence-corrected chi connectivity index (χ4v) is 1.19. The Morgan fingerprint density at radius 1 is 1.59 bits per heavy atom. The van der Waals surface area contributed by atoms with Crippen LogP contribution in [0.4, 0.5) is 5.69 Å². The Balaban J connectivity index is 2.98. The van der Waals surface area contributed by atoms with E-state index in [2.05, 4.69) is 0 Å². The molecule has 0 heterocycles. The number of nitro groups is 1. The third-order valence-electron chi connectivity index (χ3n) is 2.50. The highest BCUT2D eigenvalue weighted by Gasteiger charge is 2.33. The fraction of sp³-hybridized carbons (Fsp3) is 0.364. The van der Waals surface area contributed by atoms with Crippen molar-refractivity contribution in [3.05, 3.63) is 34.4 Å². The van der Waals surface area contributed by atoms with Crippen molar-refractivity contribution < 1.29 is 19.6 Å². The Labute approximate surface area is 98.0 Å². The number of rotatable bonds is 5. The van der Waals surface area contributed by atoms with Crippen LogP contribution in [0.5, 0.6) is 5.75 Å². The molecule has 0 saturated heterocycles. The lowest BCUT2D eigenvalue weighted by atomic mass is 10.0. The van der Waals surface area contributed by atoms with E-state index in [1.54, 1.807) is 6.92 Å². The number of ether oxygens (including phenoxy) is 1. The second-order valence-corrected chi connectivity index (χ2v) is 3.75. The van der Waals surface area contributed by atoms with Crippen LogP contribution >= 0.6 is 0 Å². The van der Waals surface area contributed by atoms with Gasteiger partial charge in [0.1, 0.15) is 5.75 Å². The predicted molar refractivity (Wildman–Crippen MR) is 60.1 cm³/mol. The number of carbonyl (C=O) groups is 1. The van der Waals surface area contributed by atoms with Gasteiger partial charge in [0, 0.05) is 6.07 Å². The van der Waals surface area contributed by atoms with Crippen LogP contribution in [0.25, 0.3) is 0 Å². The molecule has 0 aliphatic heterocycles. The first-order valence-corrected chi connectivity index (χ1v) is 5.06. The van der Waals surface area contributed by atoms with Crippen LogP contribution in [0.15, 0.2) is 24.3 Å². The second kappa shape index (κ2) is 4.82. The molecule has 0 aliphatic carbocycles. The summed E-state index contributed by atoms with van der Waals surface area (Å²) in [4.78, 5) is 21.0. The van der Waals surface area contributed by atoms with Gasteiger partial charge in [-0.1, -0.05) is 13.0 Å². The van der Waals surface area contributed by atoms with Crippen LogP contribution < -0.4 is 4.74 Å². The maximum Gasteiger partial charge on any atom is 0.347 e. The molecule has 17 heavy (non-hydrogen) atoms. The number of carboxylic acids is 1. The van der Waals surface area contributed by atoms with Crippen LogP contribution in [-0.2, 0) is 4.79 Å².